The normalized spacial score (nSPS) is 16.5. The van der Waals surface area contributed by atoms with E-state index >= 15 is 0 Å². The molecule has 0 amide bonds. The van der Waals surface area contributed by atoms with Gasteiger partial charge in [-0.3, -0.25) is 0 Å². The van der Waals surface area contributed by atoms with Gasteiger partial charge in [0, 0.05) is 54.4 Å². The summed E-state index contributed by atoms with van der Waals surface area (Å²) in [4.78, 5) is 22.9. The van der Waals surface area contributed by atoms with Gasteiger partial charge in [0.2, 0.25) is 5.95 Å². The number of hydrogen-bond acceptors (Lipinski definition) is 8. The molecular formula is C28H31N4NaO4. The van der Waals surface area contributed by atoms with Crippen LogP contribution in [0.5, 0.6) is 5.75 Å². The van der Waals surface area contributed by atoms with Gasteiger partial charge in [-0.2, -0.15) is 0 Å². The van der Waals surface area contributed by atoms with Crippen LogP contribution in [0.3, 0.4) is 0 Å². The first-order valence-corrected chi connectivity index (χ1v) is 12.4. The summed E-state index contributed by atoms with van der Waals surface area (Å²) in [6, 6.07) is 12.2. The van der Waals surface area contributed by atoms with Gasteiger partial charge in [0.05, 0.1) is 31.2 Å². The van der Waals surface area contributed by atoms with E-state index in [1.165, 1.54) is 11.1 Å². The number of carbonyl (C=O) groups is 1. The molecule has 1 N–H and O–H groups in total. The summed E-state index contributed by atoms with van der Waals surface area (Å²) in [6.45, 7) is 10.3. The van der Waals surface area contributed by atoms with Gasteiger partial charge in [0.15, 0.2) is 0 Å². The molecule has 0 bridgehead atoms. The third-order valence-corrected chi connectivity index (χ3v) is 7.06. The molecule has 1 atom stereocenters. The number of benzene rings is 2. The maximum absolute atomic E-state index is 11.0. The van der Waals surface area contributed by atoms with E-state index in [1.54, 1.807) is 0 Å². The first-order chi connectivity index (χ1) is 17.4. The zero-order chi connectivity index (χ0) is 25.2. The van der Waals surface area contributed by atoms with Crippen molar-refractivity contribution < 1.29 is 48.9 Å². The van der Waals surface area contributed by atoms with Gasteiger partial charge < -0.3 is 29.6 Å². The molecule has 0 radical (unpaired) electrons. The van der Waals surface area contributed by atoms with Gasteiger partial charge in [0.25, 0.3) is 0 Å². The van der Waals surface area contributed by atoms with Crippen molar-refractivity contribution in [1.82, 2.24) is 9.97 Å². The fraction of sp³-hybridized carbons (Fsp3) is 0.393. The van der Waals surface area contributed by atoms with Crippen molar-refractivity contribution >= 4 is 17.6 Å². The van der Waals surface area contributed by atoms with Crippen molar-refractivity contribution in [2.24, 2.45) is 0 Å². The summed E-state index contributed by atoms with van der Waals surface area (Å²) in [7, 11) is 0. The largest absolute Gasteiger partial charge is 1.00 e. The second-order valence-electron chi connectivity index (χ2n) is 9.45. The monoisotopic (exact) mass is 510 g/mol. The Morgan fingerprint density at radius 3 is 2.54 bits per heavy atom. The number of rotatable bonds is 7. The summed E-state index contributed by atoms with van der Waals surface area (Å²) in [6.07, 6.45) is -0.0261. The third kappa shape index (κ3) is 5.93. The van der Waals surface area contributed by atoms with Crippen molar-refractivity contribution in [3.63, 3.8) is 0 Å². The molecule has 37 heavy (non-hydrogen) atoms. The second-order valence-corrected chi connectivity index (χ2v) is 9.45. The van der Waals surface area contributed by atoms with E-state index < -0.39 is 5.97 Å². The maximum Gasteiger partial charge on any atom is 1.00 e. The summed E-state index contributed by atoms with van der Waals surface area (Å²) >= 11 is 0. The summed E-state index contributed by atoms with van der Waals surface area (Å²) < 4.78 is 11.2. The Bertz CT molecular complexity index is 1270. The number of hydrogen-bond donors (Lipinski definition) is 1. The predicted molar refractivity (Wildman–Crippen MR) is 136 cm³/mol. The molecule has 3 heterocycles. The summed E-state index contributed by atoms with van der Waals surface area (Å²) in [5, 5.41) is 14.5. The van der Waals surface area contributed by atoms with Crippen molar-refractivity contribution in [2.45, 2.75) is 39.7 Å². The molecule has 0 spiro atoms. The van der Waals surface area contributed by atoms with Crippen LogP contribution < -0.4 is 49.6 Å². The smallest absolute Gasteiger partial charge is 0.550 e. The number of fused-ring (bicyclic) bond motifs is 1. The number of carbonyl (C=O) groups excluding carboxylic acids is 1. The molecule has 1 fully saturated rings. The number of aliphatic carboxylic acids is 1. The molecule has 188 valence electrons. The number of nitrogens with zero attached hydrogens (tertiary/aromatic N) is 3. The van der Waals surface area contributed by atoms with Crippen molar-refractivity contribution in [2.75, 3.05) is 43.1 Å². The number of carboxylic acids is 1. The quantitative estimate of drug-likeness (QED) is 0.448. The van der Waals surface area contributed by atoms with E-state index in [0.29, 0.717) is 26.4 Å². The molecule has 2 aromatic carbocycles. The van der Waals surface area contributed by atoms with Gasteiger partial charge in [-0.25, -0.2) is 9.97 Å². The molecular weight excluding hydrogens is 479 g/mol. The van der Waals surface area contributed by atoms with Gasteiger partial charge in [0.1, 0.15) is 5.75 Å². The molecule has 5 rings (SSSR count). The number of ether oxygens (including phenoxy) is 2. The van der Waals surface area contributed by atoms with E-state index in [-0.39, 0.29) is 41.9 Å². The van der Waals surface area contributed by atoms with Gasteiger partial charge in [-0.05, 0) is 49.9 Å². The topological polar surface area (TPSA) is 99.6 Å². The predicted octanol–water partition coefficient (Wildman–Crippen LogP) is 0.138. The molecule has 0 saturated carbocycles. The standard InChI is InChI=1S/C28H32N4O4.Na/c1-17-20(15-29-22-7-8-24-21(13-26(33)34)16-36-25(24)14-22)5-4-6-23(17)27-18(2)30-28(31-19(27)3)32-9-11-35-12-10-32;/h4-8,14,21,29H,9-13,15-16H2,1-3H3,(H,33,34);/q;+1/p-1/t21-;/m1./s1. The zero-order valence-corrected chi connectivity index (χ0v) is 24.0. The van der Waals surface area contributed by atoms with Gasteiger partial charge in [-0.1, -0.05) is 24.3 Å². The van der Waals surface area contributed by atoms with E-state index in [9.17, 15) is 9.90 Å². The molecule has 0 aliphatic carbocycles. The van der Waals surface area contributed by atoms with Crippen LogP contribution in [0, 0.1) is 20.8 Å². The van der Waals surface area contributed by atoms with Crippen LogP contribution in [-0.4, -0.2) is 48.8 Å². The molecule has 0 unspecified atom stereocenters. The zero-order valence-electron chi connectivity index (χ0n) is 22.0. The van der Waals surface area contributed by atoms with Crippen LogP contribution >= 0.6 is 0 Å². The third-order valence-electron chi connectivity index (χ3n) is 7.06. The van der Waals surface area contributed by atoms with Crippen LogP contribution in [0.25, 0.3) is 11.1 Å². The molecule has 2 aliphatic heterocycles. The van der Waals surface area contributed by atoms with Crippen molar-refractivity contribution in [3.05, 3.63) is 64.5 Å². The second kappa shape index (κ2) is 11.8. The van der Waals surface area contributed by atoms with Crippen molar-refractivity contribution in [1.29, 1.82) is 0 Å². The molecule has 1 saturated heterocycles. The van der Waals surface area contributed by atoms with Crippen LogP contribution in [0.4, 0.5) is 11.6 Å². The van der Waals surface area contributed by atoms with Crippen LogP contribution in [0.15, 0.2) is 36.4 Å². The first kappa shape index (κ1) is 27.4. The summed E-state index contributed by atoms with van der Waals surface area (Å²) in [5.41, 5.74) is 8.38. The van der Waals surface area contributed by atoms with E-state index in [0.717, 1.165) is 58.6 Å². The van der Waals surface area contributed by atoms with Gasteiger partial charge >= 0.3 is 29.6 Å². The minimum atomic E-state index is -1.05. The Morgan fingerprint density at radius 1 is 1.11 bits per heavy atom. The number of morpholine rings is 1. The Hall–Kier alpha value is -2.65. The average molecular weight is 511 g/mol. The van der Waals surface area contributed by atoms with Gasteiger partial charge in [-0.15, -0.1) is 0 Å². The Kier molecular flexibility index (Phi) is 8.75. The number of nitrogens with one attached hydrogen (secondary N) is 1. The summed E-state index contributed by atoms with van der Waals surface area (Å²) in [5.74, 6) is 0.301. The van der Waals surface area contributed by atoms with Crippen LogP contribution in [-0.2, 0) is 16.1 Å². The minimum Gasteiger partial charge on any atom is -0.550 e. The first-order valence-electron chi connectivity index (χ1n) is 12.4. The minimum absolute atomic E-state index is 0. The number of carboxylic acid groups (broad SMARTS) is 1. The van der Waals surface area contributed by atoms with E-state index in [2.05, 4.69) is 49.2 Å². The van der Waals surface area contributed by atoms with E-state index in [1.807, 2.05) is 18.2 Å². The van der Waals surface area contributed by atoms with Crippen LogP contribution in [0.1, 0.15) is 40.4 Å². The Morgan fingerprint density at radius 2 is 1.84 bits per heavy atom. The Balaban J connectivity index is 0.00000320. The fourth-order valence-corrected chi connectivity index (χ4v) is 5.09. The molecule has 3 aromatic rings. The van der Waals surface area contributed by atoms with E-state index in [4.69, 9.17) is 19.4 Å². The molecule has 8 nitrogen and oxygen atoms in total. The number of anilines is 2. The molecule has 9 heteroatoms. The number of aromatic nitrogens is 2. The Labute approximate surface area is 239 Å². The molecule has 2 aliphatic rings. The number of aryl methyl sites for hydroxylation is 2. The average Bonchev–Trinajstić information content (AvgIpc) is 3.25. The van der Waals surface area contributed by atoms with Crippen LogP contribution in [0.2, 0.25) is 0 Å². The SMILES string of the molecule is Cc1nc(N2CCOCC2)nc(C)c1-c1cccc(CNc2ccc3c(c2)OC[C@H]3CC(=O)[O-])c1C.[Na+]. The maximum atomic E-state index is 11.0. The fourth-order valence-electron chi connectivity index (χ4n) is 5.09. The van der Waals surface area contributed by atoms with Crippen molar-refractivity contribution in [3.8, 4) is 16.9 Å². The molecule has 1 aromatic heterocycles.